The van der Waals surface area contributed by atoms with E-state index < -0.39 is 34.0 Å². The van der Waals surface area contributed by atoms with Crippen molar-refractivity contribution in [2.24, 2.45) is 0 Å². The number of aromatic hydroxyl groups is 1. The number of carboxylic acid groups (broad SMARTS) is 1. The highest BCUT2D eigenvalue weighted by Crippen LogP contribution is 2.24. The Bertz CT molecular complexity index is 645. The first-order valence-electron chi connectivity index (χ1n) is 5.74. The molecular formula is C12H10N2O6S. The number of amides is 3. The van der Waals surface area contributed by atoms with Crippen LogP contribution in [0, 0.1) is 0 Å². The fourth-order valence-electron chi connectivity index (χ4n) is 1.69. The highest BCUT2D eigenvalue weighted by atomic mass is 32.2. The minimum absolute atomic E-state index is 0.171. The van der Waals surface area contributed by atoms with Crippen molar-refractivity contribution in [2.45, 2.75) is 11.7 Å². The predicted molar refractivity (Wildman–Crippen MR) is 73.2 cm³/mol. The molecule has 21 heavy (non-hydrogen) atoms. The Morgan fingerprint density at radius 2 is 2.05 bits per heavy atom. The normalized spacial score (nSPS) is 17.4. The maximum absolute atomic E-state index is 11.8. The van der Waals surface area contributed by atoms with E-state index in [4.69, 9.17) is 5.11 Å². The lowest BCUT2D eigenvalue weighted by Crippen LogP contribution is -2.27. The van der Waals surface area contributed by atoms with Gasteiger partial charge in [0.05, 0.1) is 0 Å². The minimum atomic E-state index is -1.33. The van der Waals surface area contributed by atoms with Crippen LogP contribution >= 0.6 is 11.8 Å². The number of anilines is 1. The van der Waals surface area contributed by atoms with E-state index >= 15 is 0 Å². The molecule has 1 aliphatic heterocycles. The van der Waals surface area contributed by atoms with Gasteiger partial charge in [0.15, 0.2) is 0 Å². The Hall–Kier alpha value is -2.55. The number of nitrogens with one attached hydrogen (secondary N) is 2. The zero-order valence-corrected chi connectivity index (χ0v) is 11.3. The van der Waals surface area contributed by atoms with Crippen molar-refractivity contribution in [3.05, 3.63) is 23.8 Å². The lowest BCUT2D eigenvalue weighted by molar-refractivity contribution is -0.122. The molecule has 8 nitrogen and oxygen atoms in total. The van der Waals surface area contributed by atoms with E-state index in [1.165, 1.54) is 6.07 Å². The molecule has 0 saturated carbocycles. The van der Waals surface area contributed by atoms with Gasteiger partial charge in [0.2, 0.25) is 11.8 Å². The van der Waals surface area contributed by atoms with Crippen molar-refractivity contribution >= 4 is 40.5 Å². The number of carbonyl (C=O) groups excluding carboxylic acids is 3. The average Bonchev–Trinajstić information content (AvgIpc) is 2.69. The molecule has 1 unspecified atom stereocenters. The molecule has 110 valence electrons. The average molecular weight is 310 g/mol. The summed E-state index contributed by atoms with van der Waals surface area (Å²) in [5.41, 5.74) is -0.180. The van der Waals surface area contributed by atoms with Gasteiger partial charge >= 0.3 is 5.97 Å². The molecule has 9 heteroatoms. The summed E-state index contributed by atoms with van der Waals surface area (Å²) in [4.78, 5) is 44.9. The first kappa shape index (κ1) is 14.9. The Morgan fingerprint density at radius 1 is 1.33 bits per heavy atom. The van der Waals surface area contributed by atoms with Crippen LogP contribution < -0.4 is 10.6 Å². The maximum atomic E-state index is 11.8. The third-order valence-electron chi connectivity index (χ3n) is 2.65. The number of benzene rings is 1. The van der Waals surface area contributed by atoms with Crippen LogP contribution in [0.4, 0.5) is 10.5 Å². The monoisotopic (exact) mass is 310 g/mol. The Morgan fingerprint density at radius 3 is 2.62 bits per heavy atom. The standard InChI is InChI=1S/C12H10N2O6S/c15-7-2-1-5(3-6(7)11(18)19)13-9(16)4-8-10(17)14-12(20)21-8/h1-3,8,15H,4H2,(H,13,16)(H,18,19)(H,14,17,20). The number of aromatic carboxylic acids is 1. The van der Waals surface area contributed by atoms with Crippen LogP contribution in [-0.4, -0.2) is 38.5 Å². The topological polar surface area (TPSA) is 133 Å². The summed E-state index contributed by atoms with van der Waals surface area (Å²) in [7, 11) is 0. The molecule has 1 fully saturated rings. The van der Waals surface area contributed by atoms with E-state index in [0.29, 0.717) is 0 Å². The van der Waals surface area contributed by atoms with E-state index in [2.05, 4.69) is 10.6 Å². The molecule has 0 aromatic heterocycles. The summed E-state index contributed by atoms with van der Waals surface area (Å²) in [5, 5.41) is 21.4. The molecule has 2 rings (SSSR count). The van der Waals surface area contributed by atoms with Crippen LogP contribution in [0.25, 0.3) is 0 Å². The zero-order valence-electron chi connectivity index (χ0n) is 10.5. The van der Waals surface area contributed by atoms with Crippen LogP contribution in [0.5, 0.6) is 5.75 Å². The summed E-state index contributed by atoms with van der Waals surface area (Å²) >= 11 is 0.729. The van der Waals surface area contributed by atoms with Crippen molar-refractivity contribution in [1.82, 2.24) is 5.32 Å². The number of phenols is 1. The van der Waals surface area contributed by atoms with Crippen molar-refractivity contribution in [2.75, 3.05) is 5.32 Å². The molecule has 0 bridgehead atoms. The van der Waals surface area contributed by atoms with E-state index in [0.717, 1.165) is 23.9 Å². The van der Waals surface area contributed by atoms with Gasteiger partial charge in [-0.2, -0.15) is 0 Å². The van der Waals surface area contributed by atoms with Gasteiger partial charge in [-0.15, -0.1) is 0 Å². The molecule has 1 saturated heterocycles. The van der Waals surface area contributed by atoms with Gasteiger partial charge in [0.1, 0.15) is 16.6 Å². The van der Waals surface area contributed by atoms with Gasteiger partial charge in [0, 0.05) is 12.1 Å². The molecule has 1 atom stereocenters. The van der Waals surface area contributed by atoms with Crippen LogP contribution in [-0.2, 0) is 9.59 Å². The Balaban J connectivity index is 2.03. The lowest BCUT2D eigenvalue weighted by atomic mass is 10.1. The molecule has 0 radical (unpaired) electrons. The number of carboxylic acids is 1. The Labute approximate surface area is 122 Å². The quantitative estimate of drug-likeness (QED) is 0.604. The number of imide groups is 1. The van der Waals surface area contributed by atoms with Gasteiger partial charge in [-0.3, -0.25) is 19.7 Å². The third-order valence-corrected chi connectivity index (χ3v) is 3.63. The summed E-state index contributed by atoms with van der Waals surface area (Å²) in [6, 6.07) is 3.56. The molecule has 0 aliphatic carbocycles. The molecule has 0 spiro atoms. The highest BCUT2D eigenvalue weighted by Gasteiger charge is 2.33. The fraction of sp³-hybridized carbons (Fsp3) is 0.167. The van der Waals surface area contributed by atoms with Crippen LogP contribution in [0.3, 0.4) is 0 Å². The molecule has 1 aliphatic rings. The smallest absolute Gasteiger partial charge is 0.339 e. The first-order chi connectivity index (χ1) is 9.86. The molecule has 4 N–H and O–H groups in total. The van der Waals surface area contributed by atoms with E-state index in [9.17, 15) is 24.3 Å². The molecule has 1 aromatic rings. The largest absolute Gasteiger partial charge is 0.507 e. The second-order valence-electron chi connectivity index (χ2n) is 4.17. The number of hydrogen-bond donors (Lipinski definition) is 4. The van der Waals surface area contributed by atoms with E-state index in [1.54, 1.807) is 0 Å². The van der Waals surface area contributed by atoms with Crippen molar-refractivity contribution in [1.29, 1.82) is 0 Å². The predicted octanol–water partition coefficient (Wildman–Crippen LogP) is 0.771. The SMILES string of the molecule is O=C(CC1SC(=O)NC1=O)Nc1ccc(O)c(C(=O)O)c1. The summed E-state index contributed by atoms with van der Waals surface area (Å²) in [5.74, 6) is -2.83. The second-order valence-corrected chi connectivity index (χ2v) is 5.35. The molecule has 1 heterocycles. The molecular weight excluding hydrogens is 300 g/mol. The van der Waals surface area contributed by atoms with Crippen molar-refractivity contribution in [3.8, 4) is 5.75 Å². The lowest BCUT2D eigenvalue weighted by Gasteiger charge is -2.08. The van der Waals surface area contributed by atoms with Crippen LogP contribution in [0.2, 0.25) is 0 Å². The van der Waals surface area contributed by atoms with Crippen LogP contribution in [0.1, 0.15) is 16.8 Å². The fourth-order valence-corrected chi connectivity index (χ4v) is 2.51. The summed E-state index contributed by atoms with van der Waals surface area (Å²) < 4.78 is 0. The molecule has 3 amide bonds. The Kier molecular flexibility index (Phi) is 4.13. The number of carbonyl (C=O) groups is 4. The first-order valence-corrected chi connectivity index (χ1v) is 6.62. The van der Waals surface area contributed by atoms with Gasteiger partial charge in [-0.05, 0) is 18.2 Å². The maximum Gasteiger partial charge on any atom is 0.339 e. The van der Waals surface area contributed by atoms with Crippen molar-refractivity contribution in [3.63, 3.8) is 0 Å². The van der Waals surface area contributed by atoms with Crippen LogP contribution in [0.15, 0.2) is 18.2 Å². The van der Waals surface area contributed by atoms with E-state index in [1.807, 2.05) is 0 Å². The van der Waals surface area contributed by atoms with Gasteiger partial charge < -0.3 is 15.5 Å². The van der Waals surface area contributed by atoms with Gasteiger partial charge in [-0.25, -0.2) is 4.79 Å². The number of hydrogen-bond acceptors (Lipinski definition) is 6. The molecule has 1 aromatic carbocycles. The van der Waals surface area contributed by atoms with Gasteiger partial charge in [-0.1, -0.05) is 11.8 Å². The van der Waals surface area contributed by atoms with E-state index in [-0.39, 0.29) is 17.7 Å². The van der Waals surface area contributed by atoms with Crippen molar-refractivity contribution < 1.29 is 29.4 Å². The minimum Gasteiger partial charge on any atom is -0.507 e. The second kappa shape index (κ2) is 5.83. The zero-order chi connectivity index (χ0) is 15.6. The summed E-state index contributed by atoms with van der Waals surface area (Å²) in [6.45, 7) is 0. The number of rotatable bonds is 4. The third kappa shape index (κ3) is 3.51. The van der Waals surface area contributed by atoms with Gasteiger partial charge in [0.25, 0.3) is 5.24 Å². The highest BCUT2D eigenvalue weighted by molar-refractivity contribution is 8.15. The number of thioether (sulfide) groups is 1. The summed E-state index contributed by atoms with van der Waals surface area (Å²) in [6.07, 6.45) is -0.217.